The van der Waals surface area contributed by atoms with E-state index in [0.29, 0.717) is 38.2 Å². The zero-order chi connectivity index (χ0) is 15.5. The quantitative estimate of drug-likeness (QED) is 0.886. The maximum Gasteiger partial charge on any atom is 0.253 e. The Morgan fingerprint density at radius 3 is 2.67 bits per heavy atom. The van der Waals surface area contributed by atoms with Crippen LogP contribution in [0.2, 0.25) is 0 Å². The molecule has 116 valence electrons. The fraction of sp³-hybridized carbons (Fsp3) is 0.562. The number of nitrogens with zero attached hydrogens (tertiary/aromatic N) is 1. The average Bonchev–Trinajstić information content (AvgIpc) is 2.46. The van der Waals surface area contributed by atoms with Crippen molar-refractivity contribution in [3.63, 3.8) is 0 Å². The Hall–Kier alpha value is -1.59. The van der Waals surface area contributed by atoms with E-state index in [0.717, 1.165) is 11.3 Å². The molecule has 2 N–H and O–H groups in total. The Labute approximate surface area is 125 Å². The van der Waals surface area contributed by atoms with Gasteiger partial charge in [-0.15, -0.1) is 0 Å². The van der Waals surface area contributed by atoms with Gasteiger partial charge >= 0.3 is 0 Å². The minimum absolute atomic E-state index is 0.0688. The molecule has 5 heteroatoms. The van der Waals surface area contributed by atoms with Crippen LogP contribution in [0.3, 0.4) is 0 Å². The van der Waals surface area contributed by atoms with Gasteiger partial charge in [0.05, 0.1) is 5.60 Å². The van der Waals surface area contributed by atoms with Gasteiger partial charge in [-0.3, -0.25) is 4.79 Å². The highest BCUT2D eigenvalue weighted by molar-refractivity contribution is 5.94. The van der Waals surface area contributed by atoms with Gasteiger partial charge in [0.15, 0.2) is 0 Å². The van der Waals surface area contributed by atoms with E-state index in [4.69, 9.17) is 4.74 Å². The molecule has 1 aromatic carbocycles. The third kappa shape index (κ3) is 3.74. The van der Waals surface area contributed by atoms with Gasteiger partial charge in [-0.25, -0.2) is 0 Å². The molecule has 1 heterocycles. The predicted molar refractivity (Wildman–Crippen MR) is 82.7 cm³/mol. The molecule has 0 atom stereocenters. The smallest absolute Gasteiger partial charge is 0.253 e. The van der Waals surface area contributed by atoms with Crippen molar-refractivity contribution in [1.82, 2.24) is 4.90 Å². The average molecular weight is 292 g/mol. The number of likely N-dealkylation sites (N-methyl/N-ethyl adjacent to an activating group) is 1. The number of hydrogen-bond acceptors (Lipinski definition) is 4. The Bertz CT molecular complexity index is 510. The molecule has 1 aliphatic rings. The first-order chi connectivity index (χ1) is 9.95. The molecular formula is C16H24N2O3. The van der Waals surface area contributed by atoms with Gasteiger partial charge in [0.25, 0.3) is 5.91 Å². The van der Waals surface area contributed by atoms with Crippen molar-refractivity contribution in [1.29, 1.82) is 0 Å². The summed E-state index contributed by atoms with van der Waals surface area (Å²) in [4.78, 5) is 14.1. The van der Waals surface area contributed by atoms with Crippen molar-refractivity contribution in [3.05, 3.63) is 29.3 Å². The number of nitrogens with one attached hydrogen (secondary N) is 1. The number of aliphatic hydroxyl groups is 1. The van der Waals surface area contributed by atoms with E-state index in [2.05, 4.69) is 5.32 Å². The lowest BCUT2D eigenvalue weighted by atomic mass is 9.93. The van der Waals surface area contributed by atoms with Gasteiger partial charge in [-0.05, 0) is 30.7 Å². The number of amides is 1. The van der Waals surface area contributed by atoms with Gasteiger partial charge in [0, 0.05) is 57.9 Å². The molecule has 1 saturated heterocycles. The van der Waals surface area contributed by atoms with E-state index in [1.807, 2.05) is 32.2 Å². The van der Waals surface area contributed by atoms with Gasteiger partial charge in [-0.2, -0.15) is 0 Å². The fourth-order valence-corrected chi connectivity index (χ4v) is 2.72. The number of ether oxygens (including phenoxy) is 1. The third-order valence-electron chi connectivity index (χ3n) is 4.04. The van der Waals surface area contributed by atoms with E-state index >= 15 is 0 Å². The van der Waals surface area contributed by atoms with Crippen LogP contribution in [0.15, 0.2) is 18.2 Å². The summed E-state index contributed by atoms with van der Waals surface area (Å²) in [5.41, 5.74) is 1.85. The lowest BCUT2D eigenvalue weighted by molar-refractivity contribution is -0.0734. The standard InChI is InChI=1S/C16H24N2O3/c1-12-10-13(4-5-14(12)17-2)15(19)18(3)11-16(20)6-8-21-9-7-16/h4-5,10,17,20H,6-9,11H2,1-3H3. The van der Waals surface area contributed by atoms with Crippen LogP contribution in [0.25, 0.3) is 0 Å². The predicted octanol–water partition coefficient (Wildman–Crippen LogP) is 1.65. The summed E-state index contributed by atoms with van der Waals surface area (Å²) in [5.74, 6) is -0.0688. The van der Waals surface area contributed by atoms with Crippen molar-refractivity contribution < 1.29 is 14.6 Å². The highest BCUT2D eigenvalue weighted by Gasteiger charge is 2.32. The number of carbonyl (C=O) groups excluding carboxylic acids is 1. The molecule has 0 saturated carbocycles. The van der Waals surface area contributed by atoms with Crippen LogP contribution in [0.5, 0.6) is 0 Å². The summed E-state index contributed by atoms with van der Waals surface area (Å²) in [6, 6.07) is 5.59. The Balaban J connectivity index is 2.06. The van der Waals surface area contributed by atoms with Crippen molar-refractivity contribution >= 4 is 11.6 Å². The second-order valence-electron chi connectivity index (χ2n) is 5.78. The molecule has 1 fully saturated rings. The van der Waals surface area contributed by atoms with Crippen LogP contribution in [-0.2, 0) is 4.74 Å². The molecule has 0 spiro atoms. The first-order valence-electron chi connectivity index (χ1n) is 7.29. The number of anilines is 1. The molecule has 2 rings (SSSR count). The topological polar surface area (TPSA) is 61.8 Å². The van der Waals surface area contributed by atoms with E-state index in [9.17, 15) is 9.90 Å². The molecule has 0 bridgehead atoms. The summed E-state index contributed by atoms with van der Waals surface area (Å²) in [6.07, 6.45) is 1.14. The maximum atomic E-state index is 12.5. The summed E-state index contributed by atoms with van der Waals surface area (Å²) < 4.78 is 5.26. The largest absolute Gasteiger partial charge is 0.388 e. The SMILES string of the molecule is CNc1ccc(C(=O)N(C)CC2(O)CCOCC2)cc1C. The van der Waals surface area contributed by atoms with E-state index < -0.39 is 5.60 Å². The maximum absolute atomic E-state index is 12.5. The van der Waals surface area contributed by atoms with Crippen LogP contribution >= 0.6 is 0 Å². The van der Waals surface area contributed by atoms with E-state index in [1.54, 1.807) is 11.9 Å². The Morgan fingerprint density at radius 1 is 1.43 bits per heavy atom. The second-order valence-corrected chi connectivity index (χ2v) is 5.78. The molecule has 0 aromatic heterocycles. The molecule has 1 aliphatic heterocycles. The monoisotopic (exact) mass is 292 g/mol. The minimum Gasteiger partial charge on any atom is -0.388 e. The summed E-state index contributed by atoms with van der Waals surface area (Å²) in [6.45, 7) is 3.40. The van der Waals surface area contributed by atoms with E-state index in [1.165, 1.54) is 0 Å². The highest BCUT2D eigenvalue weighted by atomic mass is 16.5. The fourth-order valence-electron chi connectivity index (χ4n) is 2.72. The molecule has 1 amide bonds. The number of carbonyl (C=O) groups is 1. The molecule has 21 heavy (non-hydrogen) atoms. The van der Waals surface area contributed by atoms with Crippen LogP contribution < -0.4 is 5.32 Å². The van der Waals surface area contributed by atoms with Crippen LogP contribution in [-0.4, -0.2) is 55.4 Å². The molecule has 0 radical (unpaired) electrons. The lowest BCUT2D eigenvalue weighted by Gasteiger charge is -2.35. The summed E-state index contributed by atoms with van der Waals surface area (Å²) in [5, 5.41) is 13.6. The normalized spacial score (nSPS) is 17.3. The molecule has 0 aliphatic carbocycles. The summed E-state index contributed by atoms with van der Waals surface area (Å²) in [7, 11) is 3.59. The Kier molecular flexibility index (Phi) is 4.85. The Morgan fingerprint density at radius 2 is 2.10 bits per heavy atom. The van der Waals surface area contributed by atoms with Gasteiger partial charge in [-0.1, -0.05) is 0 Å². The number of aryl methyl sites for hydroxylation is 1. The second kappa shape index (κ2) is 6.45. The van der Waals surface area contributed by atoms with Crippen LogP contribution in [0, 0.1) is 6.92 Å². The zero-order valence-corrected chi connectivity index (χ0v) is 13.0. The van der Waals surface area contributed by atoms with Crippen molar-refractivity contribution in [2.75, 3.05) is 39.2 Å². The molecule has 0 unspecified atom stereocenters. The van der Waals surface area contributed by atoms with E-state index in [-0.39, 0.29) is 5.91 Å². The van der Waals surface area contributed by atoms with Gasteiger partial charge in [0.2, 0.25) is 0 Å². The highest BCUT2D eigenvalue weighted by Crippen LogP contribution is 2.23. The van der Waals surface area contributed by atoms with Crippen molar-refractivity contribution in [2.45, 2.75) is 25.4 Å². The third-order valence-corrected chi connectivity index (χ3v) is 4.04. The first kappa shape index (κ1) is 15.8. The van der Waals surface area contributed by atoms with Crippen molar-refractivity contribution in [2.24, 2.45) is 0 Å². The first-order valence-corrected chi connectivity index (χ1v) is 7.29. The number of rotatable bonds is 4. The van der Waals surface area contributed by atoms with Crippen molar-refractivity contribution in [3.8, 4) is 0 Å². The number of benzene rings is 1. The van der Waals surface area contributed by atoms with Crippen LogP contribution in [0.1, 0.15) is 28.8 Å². The molecule has 1 aromatic rings. The number of hydrogen-bond donors (Lipinski definition) is 2. The minimum atomic E-state index is -0.831. The summed E-state index contributed by atoms with van der Waals surface area (Å²) >= 11 is 0. The van der Waals surface area contributed by atoms with Gasteiger partial charge < -0.3 is 20.1 Å². The lowest BCUT2D eigenvalue weighted by Crippen LogP contribution is -2.47. The zero-order valence-electron chi connectivity index (χ0n) is 13.0. The molecular weight excluding hydrogens is 268 g/mol. The van der Waals surface area contributed by atoms with Crippen LogP contribution in [0.4, 0.5) is 5.69 Å². The van der Waals surface area contributed by atoms with Gasteiger partial charge in [0.1, 0.15) is 0 Å². The molecule has 5 nitrogen and oxygen atoms in total.